The number of carboxylic acids is 1. The van der Waals surface area contributed by atoms with Crippen LogP contribution < -0.4 is 10.1 Å². The molecule has 0 bridgehead atoms. The Morgan fingerprint density at radius 1 is 1.14 bits per heavy atom. The third kappa shape index (κ3) is 4.89. The first-order valence-corrected chi connectivity index (χ1v) is 9.48. The molecule has 6 heteroatoms. The van der Waals surface area contributed by atoms with E-state index in [0.717, 1.165) is 11.3 Å². The van der Waals surface area contributed by atoms with Gasteiger partial charge in [0.25, 0.3) is 0 Å². The van der Waals surface area contributed by atoms with E-state index >= 15 is 0 Å². The maximum atomic E-state index is 12.5. The Morgan fingerprint density at radius 3 is 2.43 bits per heavy atom. The third-order valence-electron chi connectivity index (χ3n) is 5.26. The molecule has 0 spiro atoms. The van der Waals surface area contributed by atoms with Crippen molar-refractivity contribution >= 4 is 17.6 Å². The molecule has 0 radical (unpaired) electrons. The average Bonchev–Trinajstić information content (AvgIpc) is 3.09. The van der Waals surface area contributed by atoms with Crippen LogP contribution in [0.25, 0.3) is 0 Å². The van der Waals surface area contributed by atoms with Gasteiger partial charge in [-0.25, -0.2) is 0 Å². The van der Waals surface area contributed by atoms with Gasteiger partial charge in [-0.1, -0.05) is 37.3 Å². The Hall–Kier alpha value is -2.86. The van der Waals surface area contributed by atoms with E-state index in [0.29, 0.717) is 25.4 Å². The number of anilines is 1. The summed E-state index contributed by atoms with van der Waals surface area (Å²) in [4.78, 5) is 25.8. The van der Waals surface area contributed by atoms with Gasteiger partial charge in [0.1, 0.15) is 12.4 Å². The first-order valence-electron chi connectivity index (χ1n) is 9.48. The van der Waals surface area contributed by atoms with Crippen LogP contribution in [0.3, 0.4) is 0 Å². The van der Waals surface area contributed by atoms with Gasteiger partial charge in [-0.05, 0) is 42.7 Å². The van der Waals surface area contributed by atoms with Crippen molar-refractivity contribution in [3.05, 3.63) is 60.2 Å². The highest BCUT2D eigenvalue weighted by atomic mass is 16.5. The summed E-state index contributed by atoms with van der Waals surface area (Å²) in [5, 5.41) is 12.2. The average molecular weight is 382 g/mol. The van der Waals surface area contributed by atoms with Crippen molar-refractivity contribution in [2.75, 3.05) is 18.4 Å². The summed E-state index contributed by atoms with van der Waals surface area (Å²) in [5.74, 6) is -0.595. The highest BCUT2D eigenvalue weighted by Crippen LogP contribution is 2.25. The number of carbonyl (C=O) groups is 2. The molecule has 1 unspecified atom stereocenters. The Labute approximate surface area is 165 Å². The Kier molecular flexibility index (Phi) is 6.31. The topological polar surface area (TPSA) is 78.9 Å². The van der Waals surface area contributed by atoms with Crippen molar-refractivity contribution < 1.29 is 19.4 Å². The van der Waals surface area contributed by atoms with Crippen molar-refractivity contribution in [1.82, 2.24) is 4.90 Å². The van der Waals surface area contributed by atoms with E-state index in [-0.39, 0.29) is 17.9 Å². The number of carbonyl (C=O) groups excluding carboxylic acids is 1. The van der Waals surface area contributed by atoms with E-state index in [1.54, 1.807) is 12.1 Å². The molecule has 1 aliphatic heterocycles. The smallest absolute Gasteiger partial charge is 0.308 e. The number of hydrogen-bond acceptors (Lipinski definition) is 4. The van der Waals surface area contributed by atoms with Gasteiger partial charge in [-0.2, -0.15) is 0 Å². The van der Waals surface area contributed by atoms with Crippen molar-refractivity contribution in [3.8, 4) is 5.75 Å². The molecule has 2 aromatic rings. The second-order valence-electron chi connectivity index (χ2n) is 7.34. The monoisotopic (exact) mass is 382 g/mol. The van der Waals surface area contributed by atoms with Gasteiger partial charge in [0, 0.05) is 18.8 Å². The lowest BCUT2D eigenvalue weighted by atomic mass is 9.99. The molecule has 0 aliphatic carbocycles. The number of amides is 1. The van der Waals surface area contributed by atoms with Crippen molar-refractivity contribution in [2.45, 2.75) is 26.5 Å². The minimum Gasteiger partial charge on any atom is -0.489 e. The van der Waals surface area contributed by atoms with Crippen LogP contribution in [-0.4, -0.2) is 41.0 Å². The van der Waals surface area contributed by atoms with Crippen LogP contribution in [0, 0.1) is 11.8 Å². The number of nitrogens with zero attached hydrogens (tertiary/aromatic N) is 1. The molecule has 1 fully saturated rings. The van der Waals surface area contributed by atoms with E-state index in [1.807, 2.05) is 61.2 Å². The summed E-state index contributed by atoms with van der Waals surface area (Å²) in [6.07, 6.45) is 0. The molecular formula is C22H26N2O4. The summed E-state index contributed by atoms with van der Waals surface area (Å²) in [7, 11) is 0. The zero-order valence-corrected chi connectivity index (χ0v) is 16.2. The summed E-state index contributed by atoms with van der Waals surface area (Å²) < 4.78 is 5.75. The summed E-state index contributed by atoms with van der Waals surface area (Å²) in [6, 6.07) is 16.8. The lowest BCUT2D eigenvalue weighted by molar-refractivity contribution is -0.142. The van der Waals surface area contributed by atoms with Crippen molar-refractivity contribution in [2.24, 2.45) is 11.8 Å². The minimum absolute atomic E-state index is 0.0359. The summed E-state index contributed by atoms with van der Waals surface area (Å²) >= 11 is 0. The maximum absolute atomic E-state index is 12.5. The molecule has 28 heavy (non-hydrogen) atoms. The van der Waals surface area contributed by atoms with E-state index in [9.17, 15) is 14.7 Å². The molecule has 0 saturated carbocycles. The lowest BCUT2D eigenvalue weighted by Crippen LogP contribution is -2.41. The van der Waals surface area contributed by atoms with Crippen molar-refractivity contribution in [3.63, 3.8) is 0 Å². The molecule has 3 rings (SSSR count). The number of aliphatic carboxylic acids is 1. The largest absolute Gasteiger partial charge is 0.489 e. The normalized spacial score (nSPS) is 20.5. The molecule has 6 nitrogen and oxygen atoms in total. The van der Waals surface area contributed by atoms with Gasteiger partial charge in [0.15, 0.2) is 0 Å². The summed E-state index contributed by atoms with van der Waals surface area (Å²) in [5.41, 5.74) is 1.78. The SMILES string of the molecule is CC(C(=O)Nc1ccc(OCc2ccccc2)cc1)N1C[C@@H](C)[C@H](C(=O)O)C1. The van der Waals surface area contributed by atoms with Crippen LogP contribution in [0.5, 0.6) is 5.75 Å². The predicted molar refractivity (Wildman–Crippen MR) is 107 cm³/mol. The van der Waals surface area contributed by atoms with Gasteiger partial charge in [0.2, 0.25) is 5.91 Å². The van der Waals surface area contributed by atoms with Crippen LogP contribution in [0.1, 0.15) is 19.4 Å². The molecule has 0 aromatic heterocycles. The van der Waals surface area contributed by atoms with Crippen LogP contribution in [0.15, 0.2) is 54.6 Å². The maximum Gasteiger partial charge on any atom is 0.308 e. The third-order valence-corrected chi connectivity index (χ3v) is 5.26. The minimum atomic E-state index is -0.798. The number of hydrogen-bond donors (Lipinski definition) is 2. The number of carboxylic acid groups (broad SMARTS) is 1. The second-order valence-corrected chi connectivity index (χ2v) is 7.34. The highest BCUT2D eigenvalue weighted by Gasteiger charge is 2.38. The fraction of sp³-hybridized carbons (Fsp3) is 0.364. The second kappa shape index (κ2) is 8.89. The Bertz CT molecular complexity index is 807. The zero-order chi connectivity index (χ0) is 20.1. The fourth-order valence-electron chi connectivity index (χ4n) is 3.43. The van der Waals surface area contributed by atoms with Crippen LogP contribution in [-0.2, 0) is 16.2 Å². The number of ether oxygens (including phenoxy) is 1. The Balaban J connectivity index is 1.52. The summed E-state index contributed by atoms with van der Waals surface area (Å²) in [6.45, 7) is 5.22. The fourth-order valence-corrected chi connectivity index (χ4v) is 3.43. The van der Waals surface area contributed by atoms with Gasteiger partial charge < -0.3 is 15.2 Å². The standard InChI is InChI=1S/C22H26N2O4/c1-15-12-24(13-20(15)22(26)27)16(2)21(25)23-18-8-10-19(11-9-18)28-14-17-6-4-3-5-7-17/h3-11,15-16,20H,12-14H2,1-2H3,(H,23,25)(H,26,27)/t15-,16?,20-/m1/s1. The molecular weight excluding hydrogens is 356 g/mol. The molecule has 1 saturated heterocycles. The van der Waals surface area contributed by atoms with Crippen LogP contribution in [0.2, 0.25) is 0 Å². The van der Waals surface area contributed by atoms with Gasteiger partial charge >= 0.3 is 5.97 Å². The number of nitrogens with one attached hydrogen (secondary N) is 1. The number of rotatable bonds is 7. The predicted octanol–water partition coefficient (Wildman–Crippen LogP) is 3.25. The first-order chi connectivity index (χ1) is 13.4. The lowest BCUT2D eigenvalue weighted by Gasteiger charge is -2.23. The van der Waals surface area contributed by atoms with E-state index in [4.69, 9.17) is 4.74 Å². The molecule has 1 heterocycles. The van der Waals surface area contributed by atoms with E-state index in [1.165, 1.54) is 0 Å². The van der Waals surface area contributed by atoms with Gasteiger partial charge in [-0.15, -0.1) is 0 Å². The molecule has 2 N–H and O–H groups in total. The highest BCUT2D eigenvalue weighted by molar-refractivity contribution is 5.94. The van der Waals surface area contributed by atoms with Gasteiger partial charge in [-0.3, -0.25) is 14.5 Å². The number of benzene rings is 2. The first kappa shape index (κ1) is 19.9. The van der Waals surface area contributed by atoms with Crippen LogP contribution >= 0.6 is 0 Å². The van der Waals surface area contributed by atoms with Crippen molar-refractivity contribution in [1.29, 1.82) is 0 Å². The van der Waals surface area contributed by atoms with Crippen LogP contribution in [0.4, 0.5) is 5.69 Å². The molecule has 1 amide bonds. The van der Waals surface area contributed by atoms with Gasteiger partial charge in [0.05, 0.1) is 12.0 Å². The van der Waals surface area contributed by atoms with E-state index < -0.39 is 11.9 Å². The molecule has 2 aromatic carbocycles. The zero-order valence-electron chi connectivity index (χ0n) is 16.2. The quantitative estimate of drug-likeness (QED) is 0.769. The Morgan fingerprint density at radius 2 is 1.82 bits per heavy atom. The molecule has 148 valence electrons. The molecule has 3 atom stereocenters. The molecule has 1 aliphatic rings. The van der Waals surface area contributed by atoms with E-state index in [2.05, 4.69) is 5.32 Å². The number of likely N-dealkylation sites (tertiary alicyclic amines) is 1.